The van der Waals surface area contributed by atoms with Crippen molar-refractivity contribution in [1.82, 2.24) is 29.9 Å². The number of hydrogen-bond donors (Lipinski definition) is 4. The minimum absolute atomic E-state index is 0.00569. The van der Waals surface area contributed by atoms with Crippen molar-refractivity contribution in [1.29, 1.82) is 0 Å². The van der Waals surface area contributed by atoms with Gasteiger partial charge in [0.1, 0.15) is 40.9 Å². The number of alkyl halides is 4. The zero-order valence-corrected chi connectivity index (χ0v) is 31.7. The molecule has 2 aromatic carbocycles. The van der Waals surface area contributed by atoms with E-state index in [0.717, 1.165) is 18.4 Å². The lowest BCUT2D eigenvalue weighted by Gasteiger charge is -2.23. The number of aliphatic hydroxyl groups excluding tert-OH is 1. The van der Waals surface area contributed by atoms with Gasteiger partial charge < -0.3 is 15.5 Å². The Kier molecular flexibility index (Phi) is 10.1. The first kappa shape index (κ1) is 40.1. The zero-order valence-electron chi connectivity index (χ0n) is 30.1. The van der Waals surface area contributed by atoms with Crippen molar-refractivity contribution >= 4 is 44.3 Å². The summed E-state index contributed by atoms with van der Waals surface area (Å²) in [4.78, 5) is 18.6. The highest BCUT2D eigenvalue weighted by atomic mass is 35.5. The molecule has 1 amide bonds. The maximum absolute atomic E-state index is 15.4. The van der Waals surface area contributed by atoms with Gasteiger partial charge in [-0.3, -0.25) is 18.9 Å². The van der Waals surface area contributed by atoms with E-state index >= 15 is 8.78 Å². The number of fused-ring (bicyclic) bond motifs is 4. The number of aliphatic hydroxyl groups is 2. The average molecular weight is 836 g/mol. The molecule has 3 aromatic heterocycles. The van der Waals surface area contributed by atoms with Gasteiger partial charge in [0.15, 0.2) is 5.82 Å². The van der Waals surface area contributed by atoms with Gasteiger partial charge in [0.05, 0.1) is 40.5 Å². The minimum atomic E-state index is -3.85. The maximum Gasteiger partial charge on any atom is 0.293 e. The molecule has 20 heteroatoms. The van der Waals surface area contributed by atoms with E-state index in [9.17, 15) is 41.0 Å². The molecule has 4 atom stereocenters. The summed E-state index contributed by atoms with van der Waals surface area (Å²) >= 11 is 6.56. The maximum atomic E-state index is 15.4. The topological polar surface area (TPSA) is 164 Å². The second-order valence-electron chi connectivity index (χ2n) is 14.3. The summed E-state index contributed by atoms with van der Waals surface area (Å²) in [6.07, 6.45) is -2.65. The monoisotopic (exact) mass is 835 g/mol. The number of nitrogens with one attached hydrogen (secondary N) is 2. The molecule has 0 saturated heterocycles. The van der Waals surface area contributed by atoms with E-state index in [4.69, 9.17) is 11.6 Å². The Bertz CT molecular complexity index is 2620. The van der Waals surface area contributed by atoms with Crippen LogP contribution in [0.2, 0.25) is 5.02 Å². The predicted molar refractivity (Wildman–Crippen MR) is 195 cm³/mol. The van der Waals surface area contributed by atoms with Crippen LogP contribution in [0.1, 0.15) is 65.6 Å². The number of sulfonamides is 1. The Hall–Kier alpha value is -5.16. The summed E-state index contributed by atoms with van der Waals surface area (Å²) < 4.78 is 117. The SMILES string of the molecule is Cn1nc(NS(C)(=O)=O)c2c(Cl)ccc(-c3ccc(C#CC(C)(O)CO)nc3C(Cc3cc(F)cc(F)c3)NC(=O)Cn3nc(C(F)F)c4c3C(F)(F)[C@@H]3C[C@H]43)c21. The second kappa shape index (κ2) is 14.3. The van der Waals surface area contributed by atoms with Crippen LogP contribution in [0.4, 0.5) is 32.2 Å². The van der Waals surface area contributed by atoms with E-state index in [1.54, 1.807) is 6.07 Å². The molecule has 5 aromatic rings. The van der Waals surface area contributed by atoms with Crippen molar-refractivity contribution in [3.8, 4) is 23.0 Å². The molecule has 2 aliphatic carbocycles. The highest BCUT2D eigenvalue weighted by molar-refractivity contribution is 7.92. The number of aryl methyl sites for hydroxylation is 1. The third kappa shape index (κ3) is 7.78. The van der Waals surface area contributed by atoms with Crippen LogP contribution in [0.5, 0.6) is 0 Å². The number of benzene rings is 2. The summed E-state index contributed by atoms with van der Waals surface area (Å²) in [5.74, 6) is -3.44. The lowest BCUT2D eigenvalue weighted by molar-refractivity contribution is -0.123. The Morgan fingerprint density at radius 1 is 1.11 bits per heavy atom. The molecule has 300 valence electrons. The van der Waals surface area contributed by atoms with Crippen molar-refractivity contribution in [2.45, 2.75) is 56.2 Å². The van der Waals surface area contributed by atoms with Crippen LogP contribution in [-0.4, -0.2) is 67.5 Å². The van der Waals surface area contributed by atoms with Gasteiger partial charge in [-0.25, -0.2) is 31.0 Å². The molecule has 12 nitrogen and oxygen atoms in total. The van der Waals surface area contributed by atoms with Crippen molar-refractivity contribution in [2.75, 3.05) is 17.6 Å². The Labute approximate surface area is 325 Å². The summed E-state index contributed by atoms with van der Waals surface area (Å²) in [6.45, 7) is -0.448. The fourth-order valence-corrected chi connectivity index (χ4v) is 7.99. The second-order valence-corrected chi connectivity index (χ2v) is 16.4. The number of carbonyl (C=O) groups excluding carboxylic acids is 1. The van der Waals surface area contributed by atoms with Crippen LogP contribution >= 0.6 is 11.6 Å². The highest BCUT2D eigenvalue weighted by Crippen LogP contribution is 2.68. The van der Waals surface area contributed by atoms with Gasteiger partial charge in [0.25, 0.3) is 12.3 Å². The molecular weight excluding hydrogens is 804 g/mol. The van der Waals surface area contributed by atoms with Gasteiger partial charge in [0, 0.05) is 35.7 Å². The summed E-state index contributed by atoms with van der Waals surface area (Å²) in [5.41, 5.74) is -2.99. The van der Waals surface area contributed by atoms with Crippen LogP contribution in [0.15, 0.2) is 42.5 Å². The molecule has 0 radical (unpaired) electrons. The van der Waals surface area contributed by atoms with E-state index in [2.05, 4.69) is 37.1 Å². The minimum Gasteiger partial charge on any atom is -0.392 e. The van der Waals surface area contributed by atoms with E-state index in [1.165, 1.54) is 36.9 Å². The van der Waals surface area contributed by atoms with Gasteiger partial charge in [0.2, 0.25) is 15.9 Å². The number of nitrogens with zero attached hydrogens (tertiary/aromatic N) is 5. The molecule has 0 spiro atoms. The van der Waals surface area contributed by atoms with Crippen molar-refractivity contribution in [3.63, 3.8) is 0 Å². The first-order valence-corrected chi connectivity index (χ1v) is 19.5. The number of amides is 1. The largest absolute Gasteiger partial charge is 0.392 e. The number of aromatic nitrogens is 5. The third-order valence-corrected chi connectivity index (χ3v) is 10.6. The van der Waals surface area contributed by atoms with Gasteiger partial charge in [-0.15, -0.1) is 0 Å². The lowest BCUT2D eigenvalue weighted by Crippen LogP contribution is -2.35. The first-order chi connectivity index (χ1) is 26.7. The zero-order chi connectivity index (χ0) is 41.4. The quantitative estimate of drug-likeness (QED) is 0.101. The number of anilines is 1. The molecule has 1 saturated carbocycles. The number of carbonyl (C=O) groups is 1. The molecule has 1 fully saturated rings. The van der Waals surface area contributed by atoms with Crippen molar-refractivity contribution in [3.05, 3.63) is 93.0 Å². The molecule has 7 rings (SSSR count). The van der Waals surface area contributed by atoms with Crippen molar-refractivity contribution < 1.29 is 49.8 Å². The molecule has 2 aliphatic rings. The average Bonchev–Trinajstić information content (AvgIpc) is 3.65. The number of hydrogen-bond acceptors (Lipinski definition) is 8. The van der Waals surface area contributed by atoms with Crippen LogP contribution in [-0.2, 0) is 40.8 Å². The van der Waals surface area contributed by atoms with Crippen LogP contribution in [0, 0.1) is 29.4 Å². The van der Waals surface area contributed by atoms with E-state index in [1.807, 2.05) is 0 Å². The summed E-state index contributed by atoms with van der Waals surface area (Å²) in [7, 11) is -2.34. The standard InChI is InChI=1S/C37H32ClF6N7O5S/c1-36(54,16-52)9-8-20-4-5-21(22-6-7-25(38)29-32(22)50(2)48-35(29)49-57(3,55)56)30(45-20)26(12-17-10-18(39)13-19(40)11-17)46-27(53)15-51-33-28(31(47-51)34(41)42)23-14-24(23)37(33,43)44/h4-7,10-11,13,23-24,26,34,52,54H,12,14-16H2,1-3H3,(H,46,53)(H,48,49)/t23-,24+,26?,36?/m0/s1. The van der Waals surface area contributed by atoms with Crippen molar-refractivity contribution in [2.24, 2.45) is 13.0 Å². The number of halogens is 7. The number of rotatable bonds is 11. The van der Waals surface area contributed by atoms with E-state index < -0.39 is 87.9 Å². The normalized spacial score (nSPS) is 18.4. The van der Waals surface area contributed by atoms with Gasteiger partial charge in [-0.05, 0) is 67.5 Å². The molecule has 57 heavy (non-hydrogen) atoms. The third-order valence-electron chi connectivity index (χ3n) is 9.69. The van der Waals surface area contributed by atoms with Gasteiger partial charge in [-0.1, -0.05) is 23.6 Å². The highest BCUT2D eigenvalue weighted by Gasteiger charge is 2.67. The molecule has 4 N–H and O–H groups in total. The molecule has 2 unspecified atom stereocenters. The van der Waals surface area contributed by atoms with Gasteiger partial charge in [-0.2, -0.15) is 19.0 Å². The van der Waals surface area contributed by atoms with E-state index in [0.29, 0.717) is 16.3 Å². The Morgan fingerprint density at radius 3 is 2.44 bits per heavy atom. The first-order valence-electron chi connectivity index (χ1n) is 17.2. The summed E-state index contributed by atoms with van der Waals surface area (Å²) in [6, 6.07) is 7.19. The fourth-order valence-electron chi connectivity index (χ4n) is 7.25. The summed E-state index contributed by atoms with van der Waals surface area (Å²) in [5, 5.41) is 30.9. The molecule has 3 heterocycles. The van der Waals surface area contributed by atoms with Crippen LogP contribution in [0.25, 0.3) is 22.0 Å². The Morgan fingerprint density at radius 2 is 1.79 bits per heavy atom. The fraction of sp³-hybridized carbons (Fsp3) is 0.351. The number of pyridine rings is 1. The Balaban J connectivity index is 1.39. The predicted octanol–water partition coefficient (Wildman–Crippen LogP) is 5.48. The molecule has 0 bridgehead atoms. The van der Waals surface area contributed by atoms with Crippen LogP contribution in [0.3, 0.4) is 0 Å². The van der Waals surface area contributed by atoms with E-state index in [-0.39, 0.29) is 62.7 Å². The van der Waals surface area contributed by atoms with Gasteiger partial charge >= 0.3 is 0 Å². The molecular formula is C37H32ClF6N7O5S. The van der Waals surface area contributed by atoms with Crippen LogP contribution < -0.4 is 10.0 Å². The smallest absolute Gasteiger partial charge is 0.293 e. The lowest BCUT2D eigenvalue weighted by atomic mass is 9.93. The molecule has 0 aliphatic heterocycles.